The highest BCUT2D eigenvalue weighted by atomic mass is 35.5. The van der Waals surface area contributed by atoms with E-state index in [2.05, 4.69) is 15.3 Å². The number of carbonyl (C=O) groups excluding carboxylic acids is 1. The number of fused-ring (bicyclic) bond motifs is 1. The maximum absolute atomic E-state index is 11.5. The topological polar surface area (TPSA) is 59.8 Å². The van der Waals surface area contributed by atoms with Gasteiger partial charge in [-0.2, -0.15) is 0 Å². The molecule has 0 bridgehead atoms. The van der Waals surface area contributed by atoms with E-state index in [1.165, 1.54) is 6.20 Å². The number of imidazole rings is 1. The number of nitrogens with one attached hydrogen (secondary N) is 1. The first-order valence-electron chi connectivity index (χ1n) is 5.43. The van der Waals surface area contributed by atoms with Crippen LogP contribution in [-0.2, 0) is 17.8 Å². The summed E-state index contributed by atoms with van der Waals surface area (Å²) in [5, 5.41) is 3.09. The van der Waals surface area contributed by atoms with Gasteiger partial charge in [-0.15, -0.1) is 11.6 Å². The molecule has 2 heterocycles. The van der Waals surface area contributed by atoms with Gasteiger partial charge in [0, 0.05) is 25.5 Å². The number of carbonyl (C=O) groups is 1. The molecule has 1 N–H and O–H groups in total. The molecule has 5 nitrogen and oxygen atoms in total. The summed E-state index contributed by atoms with van der Waals surface area (Å²) in [6, 6.07) is 1.72. The van der Waals surface area contributed by atoms with E-state index in [0.29, 0.717) is 28.5 Å². The molecule has 0 atom stereocenters. The lowest BCUT2D eigenvalue weighted by atomic mass is 10.4. The molecular formula is C11H12Cl2N4O. The second-order valence-electron chi connectivity index (χ2n) is 3.72. The van der Waals surface area contributed by atoms with Gasteiger partial charge in [-0.1, -0.05) is 11.6 Å². The molecule has 7 heteroatoms. The largest absolute Gasteiger partial charge is 0.358 e. The second kappa shape index (κ2) is 5.54. The van der Waals surface area contributed by atoms with Gasteiger partial charge in [0.1, 0.15) is 17.9 Å². The van der Waals surface area contributed by atoms with E-state index in [9.17, 15) is 4.79 Å². The lowest BCUT2D eigenvalue weighted by Crippen LogP contribution is -2.24. The van der Waals surface area contributed by atoms with Crippen LogP contribution in [0.4, 0.5) is 0 Å². The van der Waals surface area contributed by atoms with Gasteiger partial charge in [-0.25, -0.2) is 9.97 Å². The molecule has 2 rings (SSSR count). The number of halogens is 2. The zero-order valence-electron chi connectivity index (χ0n) is 9.78. The van der Waals surface area contributed by atoms with Crippen molar-refractivity contribution >= 4 is 40.3 Å². The van der Waals surface area contributed by atoms with E-state index in [-0.39, 0.29) is 12.5 Å². The van der Waals surface area contributed by atoms with Gasteiger partial charge in [0.2, 0.25) is 5.91 Å². The number of likely N-dealkylation sites (N-methyl/N-ethyl adjacent to an activating group) is 1. The standard InChI is InChI=1S/C11H12Cl2N4O/c1-14-10(18)6-17-9(2-3-12)16-8-4-7(13)5-15-11(8)17/h4-5H,2-3,6H2,1H3,(H,14,18). The van der Waals surface area contributed by atoms with Crippen LogP contribution in [0.3, 0.4) is 0 Å². The Morgan fingerprint density at radius 2 is 2.33 bits per heavy atom. The van der Waals surface area contributed by atoms with Crippen LogP contribution in [0.5, 0.6) is 0 Å². The molecule has 1 amide bonds. The lowest BCUT2D eigenvalue weighted by Gasteiger charge is -2.06. The molecule has 0 aromatic carbocycles. The summed E-state index contributed by atoms with van der Waals surface area (Å²) in [6.45, 7) is 0.174. The number of alkyl halides is 1. The SMILES string of the molecule is CNC(=O)Cn1c(CCCl)nc2cc(Cl)cnc21. The smallest absolute Gasteiger partial charge is 0.239 e. The van der Waals surface area contributed by atoms with E-state index >= 15 is 0 Å². The van der Waals surface area contributed by atoms with Crippen LogP contribution in [0.25, 0.3) is 11.2 Å². The van der Waals surface area contributed by atoms with Crippen molar-refractivity contribution in [3.05, 3.63) is 23.1 Å². The van der Waals surface area contributed by atoms with Crippen LogP contribution in [0.2, 0.25) is 5.02 Å². The Morgan fingerprint density at radius 1 is 1.56 bits per heavy atom. The average molecular weight is 287 g/mol. The quantitative estimate of drug-likeness (QED) is 0.869. The highest BCUT2D eigenvalue weighted by Gasteiger charge is 2.14. The number of pyridine rings is 1. The minimum Gasteiger partial charge on any atom is -0.358 e. The van der Waals surface area contributed by atoms with E-state index in [1.54, 1.807) is 17.7 Å². The van der Waals surface area contributed by atoms with Gasteiger partial charge in [0.05, 0.1) is 5.02 Å². The Morgan fingerprint density at radius 3 is 3.00 bits per heavy atom. The number of nitrogens with zero attached hydrogens (tertiary/aromatic N) is 3. The van der Waals surface area contributed by atoms with Crippen molar-refractivity contribution in [3.8, 4) is 0 Å². The summed E-state index contributed by atoms with van der Waals surface area (Å²) in [5.41, 5.74) is 1.31. The molecular weight excluding hydrogens is 275 g/mol. The normalized spacial score (nSPS) is 10.8. The van der Waals surface area contributed by atoms with Gasteiger partial charge in [0.25, 0.3) is 0 Å². The van der Waals surface area contributed by atoms with Crippen molar-refractivity contribution < 1.29 is 4.79 Å². The molecule has 0 aliphatic carbocycles. The Balaban J connectivity index is 2.51. The molecule has 0 aliphatic heterocycles. The van der Waals surface area contributed by atoms with Crippen molar-refractivity contribution in [1.29, 1.82) is 0 Å². The van der Waals surface area contributed by atoms with Gasteiger partial charge in [-0.3, -0.25) is 4.79 Å². The zero-order valence-corrected chi connectivity index (χ0v) is 11.3. The summed E-state index contributed by atoms with van der Waals surface area (Å²) >= 11 is 11.6. The third kappa shape index (κ3) is 2.57. The van der Waals surface area contributed by atoms with E-state index < -0.39 is 0 Å². The van der Waals surface area contributed by atoms with Gasteiger partial charge >= 0.3 is 0 Å². The maximum Gasteiger partial charge on any atom is 0.239 e. The van der Waals surface area contributed by atoms with Gasteiger partial charge in [-0.05, 0) is 6.07 Å². The van der Waals surface area contributed by atoms with Crippen molar-refractivity contribution in [1.82, 2.24) is 19.9 Å². The Kier molecular flexibility index (Phi) is 4.04. The molecule has 0 radical (unpaired) electrons. The minimum atomic E-state index is -0.109. The Labute approximate surface area is 114 Å². The van der Waals surface area contributed by atoms with Crippen molar-refractivity contribution in [2.45, 2.75) is 13.0 Å². The minimum absolute atomic E-state index is 0.109. The molecule has 2 aromatic rings. The molecule has 2 aromatic heterocycles. The third-order valence-corrected chi connectivity index (χ3v) is 2.92. The van der Waals surface area contributed by atoms with Gasteiger partial charge < -0.3 is 9.88 Å². The zero-order chi connectivity index (χ0) is 13.1. The first-order chi connectivity index (χ1) is 8.65. The number of rotatable bonds is 4. The lowest BCUT2D eigenvalue weighted by molar-refractivity contribution is -0.121. The summed E-state index contributed by atoms with van der Waals surface area (Å²) in [7, 11) is 1.59. The molecule has 0 saturated heterocycles. The summed E-state index contributed by atoms with van der Waals surface area (Å²) in [4.78, 5) is 20.1. The molecule has 0 spiro atoms. The second-order valence-corrected chi connectivity index (χ2v) is 4.54. The van der Waals surface area contributed by atoms with Gasteiger partial charge in [0.15, 0.2) is 5.65 Å². The molecule has 0 saturated carbocycles. The van der Waals surface area contributed by atoms with E-state index in [4.69, 9.17) is 23.2 Å². The van der Waals surface area contributed by atoms with Crippen LogP contribution in [0.1, 0.15) is 5.82 Å². The Bertz CT molecular complexity index is 582. The van der Waals surface area contributed by atoms with Crippen molar-refractivity contribution in [2.24, 2.45) is 0 Å². The summed E-state index contributed by atoms with van der Waals surface area (Å²) in [6.07, 6.45) is 2.11. The third-order valence-electron chi connectivity index (χ3n) is 2.53. The fourth-order valence-electron chi connectivity index (χ4n) is 1.70. The van der Waals surface area contributed by atoms with Crippen molar-refractivity contribution in [2.75, 3.05) is 12.9 Å². The molecule has 0 fully saturated rings. The number of hydrogen-bond acceptors (Lipinski definition) is 3. The van der Waals surface area contributed by atoms with Crippen molar-refractivity contribution in [3.63, 3.8) is 0 Å². The van der Waals surface area contributed by atoms with E-state index in [1.807, 2.05) is 0 Å². The monoisotopic (exact) mass is 286 g/mol. The number of aryl methyl sites for hydroxylation is 1. The molecule has 18 heavy (non-hydrogen) atoms. The fourth-order valence-corrected chi connectivity index (χ4v) is 2.02. The predicted octanol–water partition coefficient (Wildman–Crippen LogP) is 1.61. The van der Waals surface area contributed by atoms with Crippen LogP contribution < -0.4 is 5.32 Å². The number of amides is 1. The van der Waals surface area contributed by atoms with Crippen LogP contribution in [0.15, 0.2) is 12.3 Å². The maximum atomic E-state index is 11.5. The molecule has 0 unspecified atom stereocenters. The highest BCUT2D eigenvalue weighted by Crippen LogP contribution is 2.18. The molecule has 96 valence electrons. The first kappa shape index (κ1) is 13.1. The van der Waals surface area contributed by atoms with Crippen LogP contribution >= 0.6 is 23.2 Å². The first-order valence-corrected chi connectivity index (χ1v) is 6.34. The fraction of sp³-hybridized carbons (Fsp3) is 0.364. The number of aromatic nitrogens is 3. The van der Waals surface area contributed by atoms with Crippen LogP contribution in [0, 0.1) is 0 Å². The predicted molar refractivity (Wildman–Crippen MR) is 71.0 cm³/mol. The van der Waals surface area contributed by atoms with Crippen LogP contribution in [-0.4, -0.2) is 33.4 Å². The molecule has 0 aliphatic rings. The highest BCUT2D eigenvalue weighted by molar-refractivity contribution is 6.31. The number of hydrogen-bond donors (Lipinski definition) is 1. The van der Waals surface area contributed by atoms with E-state index in [0.717, 1.165) is 5.82 Å². The Hall–Kier alpha value is -1.33. The summed E-state index contributed by atoms with van der Waals surface area (Å²) < 4.78 is 1.76. The summed E-state index contributed by atoms with van der Waals surface area (Å²) in [5.74, 6) is 1.06. The average Bonchev–Trinajstić information content (AvgIpc) is 2.67.